The molecular weight excluding hydrogens is 274 g/mol. The summed E-state index contributed by atoms with van der Waals surface area (Å²) in [6, 6.07) is 11.1. The third kappa shape index (κ3) is 3.75. The second kappa shape index (κ2) is 6.47. The molecule has 0 spiro atoms. The summed E-state index contributed by atoms with van der Waals surface area (Å²) in [4.78, 5) is 34.0. The van der Waals surface area contributed by atoms with Crippen LogP contribution in [0, 0.1) is 0 Å². The number of carboxylic acids is 1. The molecule has 1 amide bonds. The molecule has 0 aliphatic heterocycles. The van der Waals surface area contributed by atoms with Crippen LogP contribution < -0.4 is 10.9 Å². The summed E-state index contributed by atoms with van der Waals surface area (Å²) in [6.07, 6.45) is 0. The molecule has 2 rings (SSSR count). The van der Waals surface area contributed by atoms with Crippen molar-refractivity contribution in [2.45, 2.75) is 5.92 Å². The zero-order valence-corrected chi connectivity index (χ0v) is 10.9. The molecule has 108 valence electrons. The van der Waals surface area contributed by atoms with E-state index in [4.69, 9.17) is 0 Å². The van der Waals surface area contributed by atoms with Crippen molar-refractivity contribution >= 4 is 11.9 Å². The number of carbonyl (C=O) groups excluding carboxylic acids is 1. The molecule has 0 aliphatic rings. The fourth-order valence-electron chi connectivity index (χ4n) is 1.79. The van der Waals surface area contributed by atoms with E-state index in [2.05, 4.69) is 15.5 Å². The minimum Gasteiger partial charge on any atom is -0.481 e. The monoisotopic (exact) mass is 287 g/mol. The van der Waals surface area contributed by atoms with E-state index in [0.29, 0.717) is 5.56 Å². The molecule has 0 saturated heterocycles. The quantitative estimate of drug-likeness (QED) is 0.735. The summed E-state index contributed by atoms with van der Waals surface area (Å²) in [7, 11) is 0. The Labute approximate surface area is 119 Å². The SMILES string of the molecule is O=C(NCC(C(=O)O)c1ccccc1)c1ccc(=O)[nH]n1. The maximum Gasteiger partial charge on any atom is 0.312 e. The summed E-state index contributed by atoms with van der Waals surface area (Å²) >= 11 is 0. The Hall–Kier alpha value is -2.96. The molecule has 3 N–H and O–H groups in total. The number of aliphatic carboxylic acids is 1. The second-order valence-electron chi connectivity index (χ2n) is 4.32. The number of carbonyl (C=O) groups is 2. The topological polar surface area (TPSA) is 112 Å². The Bertz CT molecular complexity index is 676. The number of H-pyrrole nitrogens is 1. The molecule has 0 aliphatic carbocycles. The third-order valence-corrected chi connectivity index (χ3v) is 2.88. The number of amides is 1. The van der Waals surface area contributed by atoms with Crippen molar-refractivity contribution in [1.29, 1.82) is 0 Å². The highest BCUT2D eigenvalue weighted by atomic mass is 16.4. The Morgan fingerprint density at radius 1 is 1.19 bits per heavy atom. The van der Waals surface area contributed by atoms with E-state index in [1.54, 1.807) is 30.3 Å². The summed E-state index contributed by atoms with van der Waals surface area (Å²) in [6.45, 7) is -0.0704. The number of benzene rings is 1. The van der Waals surface area contributed by atoms with E-state index in [-0.39, 0.29) is 12.2 Å². The highest BCUT2D eigenvalue weighted by molar-refractivity contribution is 5.92. The maximum atomic E-state index is 11.8. The molecule has 21 heavy (non-hydrogen) atoms. The molecule has 2 aromatic rings. The molecule has 1 aromatic heterocycles. The van der Waals surface area contributed by atoms with E-state index >= 15 is 0 Å². The van der Waals surface area contributed by atoms with Gasteiger partial charge in [-0.1, -0.05) is 30.3 Å². The van der Waals surface area contributed by atoms with Gasteiger partial charge in [0.25, 0.3) is 11.5 Å². The predicted octanol–water partition coefficient (Wildman–Crippen LogP) is 0.368. The fourth-order valence-corrected chi connectivity index (χ4v) is 1.79. The first-order valence-electron chi connectivity index (χ1n) is 6.19. The average molecular weight is 287 g/mol. The van der Waals surface area contributed by atoms with Crippen molar-refractivity contribution in [2.24, 2.45) is 0 Å². The maximum absolute atomic E-state index is 11.8. The second-order valence-corrected chi connectivity index (χ2v) is 4.32. The largest absolute Gasteiger partial charge is 0.481 e. The smallest absolute Gasteiger partial charge is 0.312 e. The van der Waals surface area contributed by atoms with Gasteiger partial charge < -0.3 is 10.4 Å². The molecule has 0 radical (unpaired) electrons. The lowest BCUT2D eigenvalue weighted by atomic mass is 9.99. The van der Waals surface area contributed by atoms with Crippen LogP contribution >= 0.6 is 0 Å². The normalized spacial score (nSPS) is 11.6. The van der Waals surface area contributed by atoms with Gasteiger partial charge in [0.1, 0.15) is 5.69 Å². The van der Waals surface area contributed by atoms with E-state index in [1.807, 2.05) is 0 Å². The molecule has 1 atom stereocenters. The van der Waals surface area contributed by atoms with Gasteiger partial charge in [0, 0.05) is 12.6 Å². The minimum absolute atomic E-state index is 0.0202. The van der Waals surface area contributed by atoms with E-state index in [9.17, 15) is 19.5 Å². The third-order valence-electron chi connectivity index (χ3n) is 2.88. The number of nitrogens with zero attached hydrogens (tertiary/aromatic N) is 1. The number of rotatable bonds is 5. The first-order valence-corrected chi connectivity index (χ1v) is 6.19. The number of aromatic amines is 1. The summed E-state index contributed by atoms with van der Waals surface area (Å²) in [5, 5.41) is 17.4. The Morgan fingerprint density at radius 2 is 1.90 bits per heavy atom. The highest BCUT2D eigenvalue weighted by Gasteiger charge is 2.20. The van der Waals surface area contributed by atoms with Crippen LogP contribution in [0.4, 0.5) is 0 Å². The lowest BCUT2D eigenvalue weighted by Crippen LogP contribution is -2.32. The molecule has 0 saturated carbocycles. The zero-order chi connectivity index (χ0) is 15.2. The number of hydrogen-bond donors (Lipinski definition) is 3. The van der Waals surface area contributed by atoms with Crippen LogP contribution in [0.2, 0.25) is 0 Å². The van der Waals surface area contributed by atoms with Gasteiger partial charge in [-0.05, 0) is 11.6 Å². The van der Waals surface area contributed by atoms with Gasteiger partial charge in [0.05, 0.1) is 5.92 Å². The van der Waals surface area contributed by atoms with Crippen LogP contribution in [-0.4, -0.2) is 33.7 Å². The van der Waals surface area contributed by atoms with Gasteiger partial charge in [-0.25, -0.2) is 5.10 Å². The van der Waals surface area contributed by atoms with E-state index in [0.717, 1.165) is 0 Å². The van der Waals surface area contributed by atoms with Gasteiger partial charge in [0.2, 0.25) is 0 Å². The van der Waals surface area contributed by atoms with Crippen LogP contribution in [0.3, 0.4) is 0 Å². The number of hydrogen-bond acceptors (Lipinski definition) is 4. The average Bonchev–Trinajstić information content (AvgIpc) is 2.48. The molecule has 1 heterocycles. The molecule has 1 aromatic carbocycles. The fraction of sp³-hybridized carbons (Fsp3) is 0.143. The molecule has 7 nitrogen and oxygen atoms in total. The van der Waals surface area contributed by atoms with Crippen LogP contribution in [0.1, 0.15) is 22.0 Å². The lowest BCUT2D eigenvalue weighted by molar-refractivity contribution is -0.138. The van der Waals surface area contributed by atoms with Gasteiger partial charge in [-0.15, -0.1) is 0 Å². The molecular formula is C14H13N3O4. The van der Waals surface area contributed by atoms with E-state index in [1.165, 1.54) is 12.1 Å². The Balaban J connectivity index is 2.06. The number of nitrogens with one attached hydrogen (secondary N) is 2. The minimum atomic E-state index is -1.03. The zero-order valence-electron chi connectivity index (χ0n) is 10.9. The van der Waals surface area contributed by atoms with Crippen molar-refractivity contribution in [3.63, 3.8) is 0 Å². The van der Waals surface area contributed by atoms with Crippen LogP contribution in [-0.2, 0) is 4.79 Å². The van der Waals surface area contributed by atoms with Crippen molar-refractivity contribution in [2.75, 3.05) is 6.54 Å². The predicted molar refractivity (Wildman–Crippen MR) is 74.0 cm³/mol. The van der Waals surface area contributed by atoms with Crippen molar-refractivity contribution in [1.82, 2.24) is 15.5 Å². The Kier molecular flexibility index (Phi) is 4.45. The standard InChI is InChI=1S/C14H13N3O4/c18-12-7-6-11(16-17-12)13(19)15-8-10(14(20)21)9-4-2-1-3-5-9/h1-7,10H,8H2,(H,15,19)(H,17,18)(H,20,21). The van der Waals surface area contributed by atoms with Crippen molar-refractivity contribution < 1.29 is 14.7 Å². The van der Waals surface area contributed by atoms with Gasteiger partial charge >= 0.3 is 5.97 Å². The first kappa shape index (κ1) is 14.4. The van der Waals surface area contributed by atoms with Gasteiger partial charge in [-0.2, -0.15) is 5.10 Å². The van der Waals surface area contributed by atoms with Crippen LogP contribution in [0.15, 0.2) is 47.3 Å². The van der Waals surface area contributed by atoms with Gasteiger partial charge in [-0.3, -0.25) is 14.4 Å². The summed E-state index contributed by atoms with van der Waals surface area (Å²) in [5.74, 6) is -2.43. The van der Waals surface area contributed by atoms with Crippen molar-refractivity contribution in [3.8, 4) is 0 Å². The highest BCUT2D eigenvalue weighted by Crippen LogP contribution is 2.14. The molecule has 0 fully saturated rings. The molecule has 1 unspecified atom stereocenters. The van der Waals surface area contributed by atoms with Crippen LogP contribution in [0.5, 0.6) is 0 Å². The van der Waals surface area contributed by atoms with E-state index < -0.39 is 23.4 Å². The summed E-state index contributed by atoms with van der Waals surface area (Å²) < 4.78 is 0. The molecule has 7 heteroatoms. The Morgan fingerprint density at radius 3 is 2.48 bits per heavy atom. The molecule has 0 bridgehead atoms. The van der Waals surface area contributed by atoms with Crippen molar-refractivity contribution in [3.05, 3.63) is 64.1 Å². The van der Waals surface area contributed by atoms with Gasteiger partial charge in [0.15, 0.2) is 0 Å². The lowest BCUT2D eigenvalue weighted by Gasteiger charge is -2.13. The number of aromatic nitrogens is 2. The van der Waals surface area contributed by atoms with Crippen LogP contribution in [0.25, 0.3) is 0 Å². The number of carboxylic acid groups (broad SMARTS) is 1. The first-order chi connectivity index (χ1) is 10.1. The summed E-state index contributed by atoms with van der Waals surface area (Å²) in [5.41, 5.74) is 0.200.